The lowest BCUT2D eigenvalue weighted by Gasteiger charge is -2.05. The van der Waals surface area contributed by atoms with Crippen molar-refractivity contribution in [3.8, 4) is 0 Å². The molecule has 0 amide bonds. The molecule has 0 fully saturated rings. The molecule has 2 aromatic rings. The summed E-state index contributed by atoms with van der Waals surface area (Å²) in [5.41, 5.74) is 2.52. The van der Waals surface area contributed by atoms with Crippen molar-refractivity contribution in [1.82, 2.24) is 4.57 Å². The van der Waals surface area contributed by atoms with Crippen molar-refractivity contribution in [2.75, 3.05) is 0 Å². The number of carbonyl (C=O) groups is 1. The van der Waals surface area contributed by atoms with Gasteiger partial charge in [-0.2, -0.15) is 0 Å². The van der Waals surface area contributed by atoms with Crippen LogP contribution in [0, 0.1) is 0 Å². The number of Topliss-reactive ketones (excluding diaryl/α,β-unsaturated/α-hetero) is 1. The molecule has 1 heterocycles. The zero-order chi connectivity index (χ0) is 15.4. The Bertz CT molecular complexity index is 753. The molecule has 0 spiro atoms. The number of rotatable bonds is 5. The number of ketones is 1. The number of carbonyl (C=O) groups excluding carboxylic acids is 1. The van der Waals surface area contributed by atoms with Gasteiger partial charge in [-0.1, -0.05) is 36.4 Å². The average molecular weight is 301 g/mol. The number of aliphatic imine (C=N–C) groups is 1. The van der Waals surface area contributed by atoms with Gasteiger partial charge in [-0.15, -0.1) is 0 Å². The Morgan fingerprint density at radius 1 is 1.48 bits per heavy atom. The Morgan fingerprint density at radius 3 is 2.86 bits per heavy atom. The molecule has 0 saturated carbocycles. The maximum atomic E-state index is 11.8. The molecule has 0 bridgehead atoms. The first-order chi connectivity index (χ1) is 10.1. The molecule has 4 heteroatoms. The second-order valence-corrected chi connectivity index (χ2v) is 5.12. The van der Waals surface area contributed by atoms with Gasteiger partial charge < -0.3 is 4.57 Å². The Morgan fingerprint density at radius 2 is 2.24 bits per heavy atom. The molecule has 21 heavy (non-hydrogen) atoms. The highest BCUT2D eigenvalue weighted by Gasteiger charge is 2.12. The van der Waals surface area contributed by atoms with Gasteiger partial charge in [-0.05, 0) is 26.0 Å². The van der Waals surface area contributed by atoms with Crippen LogP contribution in [-0.2, 0) is 6.54 Å². The summed E-state index contributed by atoms with van der Waals surface area (Å²) in [6.45, 7) is 7.69. The zero-order valence-corrected chi connectivity index (χ0v) is 12.9. The molecule has 2 rings (SSSR count). The predicted molar refractivity (Wildman–Crippen MR) is 89.4 cm³/mol. The normalized spacial score (nSPS) is 12.2. The highest BCUT2D eigenvalue weighted by molar-refractivity contribution is 6.31. The van der Waals surface area contributed by atoms with Gasteiger partial charge in [-0.25, -0.2) is 0 Å². The maximum Gasteiger partial charge on any atom is 0.161 e. The predicted octanol–water partition coefficient (Wildman–Crippen LogP) is 4.66. The van der Waals surface area contributed by atoms with Crippen LogP contribution in [0.2, 0.25) is 5.02 Å². The molecule has 0 N–H and O–H groups in total. The van der Waals surface area contributed by atoms with Crippen molar-refractivity contribution < 1.29 is 4.79 Å². The first-order valence-corrected chi connectivity index (χ1v) is 7.04. The summed E-state index contributed by atoms with van der Waals surface area (Å²) in [4.78, 5) is 16.1. The molecular weight excluding hydrogens is 284 g/mol. The molecule has 0 aliphatic carbocycles. The number of nitrogens with zero attached hydrogens (tertiary/aromatic N) is 2. The van der Waals surface area contributed by atoms with E-state index in [1.807, 2.05) is 35.9 Å². The quantitative estimate of drug-likeness (QED) is 0.584. The van der Waals surface area contributed by atoms with Gasteiger partial charge in [0.15, 0.2) is 5.78 Å². The van der Waals surface area contributed by atoms with Crippen LogP contribution in [0.5, 0.6) is 0 Å². The molecule has 0 saturated heterocycles. The largest absolute Gasteiger partial charge is 0.341 e. The number of benzene rings is 1. The van der Waals surface area contributed by atoms with Crippen LogP contribution in [-0.4, -0.2) is 16.6 Å². The van der Waals surface area contributed by atoms with Crippen molar-refractivity contribution in [3.63, 3.8) is 0 Å². The van der Waals surface area contributed by atoms with Crippen molar-refractivity contribution in [1.29, 1.82) is 0 Å². The maximum absolute atomic E-state index is 11.8. The summed E-state index contributed by atoms with van der Waals surface area (Å²) in [7, 11) is 0. The van der Waals surface area contributed by atoms with E-state index in [2.05, 4.69) is 11.6 Å². The van der Waals surface area contributed by atoms with Crippen LogP contribution in [0.1, 0.15) is 24.2 Å². The summed E-state index contributed by atoms with van der Waals surface area (Å²) in [6, 6.07) is 5.55. The molecule has 0 unspecified atom stereocenters. The Labute approximate surface area is 129 Å². The fourth-order valence-corrected chi connectivity index (χ4v) is 2.37. The first kappa shape index (κ1) is 15.3. The highest BCUT2D eigenvalue weighted by Crippen LogP contribution is 2.26. The number of hydrogen-bond donors (Lipinski definition) is 0. The fourth-order valence-electron chi connectivity index (χ4n) is 2.21. The smallest absolute Gasteiger partial charge is 0.161 e. The molecule has 0 aliphatic heterocycles. The minimum absolute atomic E-state index is 0.0395. The van der Waals surface area contributed by atoms with Gasteiger partial charge in [0.25, 0.3) is 0 Å². The monoisotopic (exact) mass is 300 g/mol. The van der Waals surface area contributed by atoms with Crippen LogP contribution in [0.3, 0.4) is 0 Å². The topological polar surface area (TPSA) is 34.4 Å². The average Bonchev–Trinajstić information content (AvgIpc) is 2.81. The van der Waals surface area contributed by atoms with E-state index < -0.39 is 0 Å². The fraction of sp³-hybridized carbons (Fsp3) is 0.176. The Hall–Kier alpha value is -2.13. The Balaban J connectivity index is 2.53. The van der Waals surface area contributed by atoms with Crippen molar-refractivity contribution in [3.05, 3.63) is 59.4 Å². The van der Waals surface area contributed by atoms with Gasteiger partial charge in [0.05, 0.1) is 17.8 Å². The van der Waals surface area contributed by atoms with Gasteiger partial charge in [0, 0.05) is 28.4 Å². The van der Waals surface area contributed by atoms with E-state index in [1.54, 1.807) is 25.3 Å². The van der Waals surface area contributed by atoms with Gasteiger partial charge >= 0.3 is 0 Å². The lowest BCUT2D eigenvalue weighted by molar-refractivity contribution is 0.101. The molecule has 3 nitrogen and oxygen atoms in total. The lowest BCUT2D eigenvalue weighted by Crippen LogP contribution is -1.98. The van der Waals surface area contributed by atoms with Gasteiger partial charge in [0.2, 0.25) is 0 Å². The minimum atomic E-state index is 0.0395. The lowest BCUT2D eigenvalue weighted by atomic mass is 10.1. The first-order valence-electron chi connectivity index (χ1n) is 6.66. The van der Waals surface area contributed by atoms with Gasteiger partial charge in [0.1, 0.15) is 0 Å². The summed E-state index contributed by atoms with van der Waals surface area (Å²) in [5.74, 6) is 0.0395. The second-order valence-electron chi connectivity index (χ2n) is 4.68. The third kappa shape index (κ3) is 3.31. The number of hydrogen-bond acceptors (Lipinski definition) is 2. The summed E-state index contributed by atoms with van der Waals surface area (Å²) in [5, 5.41) is 1.56. The summed E-state index contributed by atoms with van der Waals surface area (Å²) in [6.07, 6.45) is 7.08. The van der Waals surface area contributed by atoms with E-state index in [-0.39, 0.29) is 5.78 Å². The SMILES string of the molecule is C=CC=N/C(=C\C)Cn1cc(C(C)=O)c2ccc(Cl)cc21. The number of allylic oxidation sites excluding steroid dienone is 3. The van der Waals surface area contributed by atoms with Crippen molar-refractivity contribution in [2.45, 2.75) is 20.4 Å². The van der Waals surface area contributed by atoms with E-state index in [4.69, 9.17) is 11.6 Å². The molecule has 1 aromatic carbocycles. The molecular formula is C17H17ClN2O. The highest BCUT2D eigenvalue weighted by atomic mass is 35.5. The molecule has 1 aromatic heterocycles. The Kier molecular flexibility index (Phi) is 4.76. The van der Waals surface area contributed by atoms with Crippen molar-refractivity contribution >= 4 is 34.5 Å². The van der Waals surface area contributed by atoms with Gasteiger partial charge in [-0.3, -0.25) is 9.79 Å². The van der Waals surface area contributed by atoms with E-state index in [0.29, 0.717) is 17.1 Å². The molecule has 0 atom stereocenters. The molecule has 0 aliphatic rings. The summed E-state index contributed by atoms with van der Waals surface area (Å²) < 4.78 is 1.99. The van der Waals surface area contributed by atoms with E-state index >= 15 is 0 Å². The standard InChI is InChI=1S/C17H17ClN2O/c1-4-8-19-14(5-2)10-20-11-16(12(3)21)15-7-6-13(18)9-17(15)20/h4-9,11H,1,10H2,2-3H3/b14-5-,19-8?. The van der Waals surface area contributed by atoms with Crippen LogP contribution >= 0.6 is 11.6 Å². The number of aromatic nitrogens is 1. The molecule has 108 valence electrons. The third-order valence-corrected chi connectivity index (χ3v) is 3.47. The van der Waals surface area contributed by atoms with Crippen LogP contribution in [0.25, 0.3) is 10.9 Å². The van der Waals surface area contributed by atoms with E-state index in [0.717, 1.165) is 16.6 Å². The zero-order valence-electron chi connectivity index (χ0n) is 12.1. The minimum Gasteiger partial charge on any atom is -0.341 e. The molecule has 0 radical (unpaired) electrons. The van der Waals surface area contributed by atoms with Crippen LogP contribution in [0.4, 0.5) is 0 Å². The van der Waals surface area contributed by atoms with E-state index in [9.17, 15) is 4.79 Å². The van der Waals surface area contributed by atoms with E-state index in [1.165, 1.54) is 0 Å². The number of fused-ring (bicyclic) bond motifs is 1. The second kappa shape index (κ2) is 6.55. The summed E-state index contributed by atoms with van der Waals surface area (Å²) >= 11 is 6.08. The third-order valence-electron chi connectivity index (χ3n) is 3.23. The van der Waals surface area contributed by atoms with Crippen LogP contribution < -0.4 is 0 Å². The van der Waals surface area contributed by atoms with Crippen molar-refractivity contribution in [2.24, 2.45) is 4.99 Å². The van der Waals surface area contributed by atoms with Crippen LogP contribution in [0.15, 0.2) is 53.8 Å². The number of halogens is 1.